The van der Waals surface area contributed by atoms with E-state index in [1.807, 2.05) is 104 Å². The highest BCUT2D eigenvalue weighted by Crippen LogP contribution is 2.38. The first-order valence-corrected chi connectivity index (χ1v) is 15.2. The predicted octanol–water partition coefficient (Wildman–Crippen LogP) is 7.84. The summed E-state index contributed by atoms with van der Waals surface area (Å²) < 4.78 is 13.6. The molecule has 5 aromatic rings. The van der Waals surface area contributed by atoms with Gasteiger partial charge in [0.25, 0.3) is 0 Å². The van der Waals surface area contributed by atoms with E-state index >= 15 is 0 Å². The molecule has 0 amide bonds. The van der Waals surface area contributed by atoms with E-state index in [1.54, 1.807) is 16.4 Å². The number of benzene rings is 4. The number of hydrogen-bond donors (Lipinski definition) is 1. The average Bonchev–Trinajstić information content (AvgIpc) is 3.45. The molecule has 0 bridgehead atoms. The Hall–Kier alpha value is -4.53. The van der Waals surface area contributed by atoms with Gasteiger partial charge in [0.2, 0.25) is 11.1 Å². The van der Waals surface area contributed by atoms with E-state index in [9.17, 15) is 4.79 Å². The number of halogens is 1. The van der Waals surface area contributed by atoms with Gasteiger partial charge in [-0.3, -0.25) is 0 Å². The van der Waals surface area contributed by atoms with Crippen molar-refractivity contribution in [3.63, 3.8) is 0 Å². The van der Waals surface area contributed by atoms with Gasteiger partial charge in [0, 0.05) is 22.0 Å². The molecule has 0 saturated carbocycles. The summed E-state index contributed by atoms with van der Waals surface area (Å²) in [4.78, 5) is 18.4. The number of nitrogens with zero attached hydrogens (tertiary/aromatic N) is 3. The molecule has 0 radical (unpaired) electrons. The summed E-state index contributed by atoms with van der Waals surface area (Å²) in [5, 5.41) is 9.39. The minimum Gasteiger partial charge on any atom is -0.489 e. The lowest BCUT2D eigenvalue weighted by Gasteiger charge is -2.28. The fourth-order valence-electron chi connectivity index (χ4n) is 4.81. The van der Waals surface area contributed by atoms with Gasteiger partial charge in [-0.1, -0.05) is 114 Å². The summed E-state index contributed by atoms with van der Waals surface area (Å²) in [5.74, 6) is 1.56. The number of carbonyl (C=O) groups excluding carboxylic acids is 1. The number of thioether (sulfide) groups is 1. The Bertz CT molecular complexity index is 1740. The van der Waals surface area contributed by atoms with Crippen molar-refractivity contribution in [3.05, 3.63) is 148 Å². The summed E-state index contributed by atoms with van der Waals surface area (Å²) in [6, 6.07) is 34.5. The highest BCUT2D eigenvalue weighted by atomic mass is 35.5. The highest BCUT2D eigenvalue weighted by Gasteiger charge is 2.35. The van der Waals surface area contributed by atoms with Crippen molar-refractivity contribution in [1.82, 2.24) is 14.8 Å². The first-order chi connectivity index (χ1) is 21.0. The first kappa shape index (κ1) is 28.6. The van der Waals surface area contributed by atoms with Gasteiger partial charge in [-0.05, 0) is 41.8 Å². The second kappa shape index (κ2) is 13.2. The number of nitrogens with one attached hydrogen (secondary N) is 1. The van der Waals surface area contributed by atoms with Crippen LogP contribution in [0, 0.1) is 0 Å². The lowest BCUT2D eigenvalue weighted by Crippen LogP contribution is -2.29. The molecule has 1 atom stereocenters. The Labute approximate surface area is 259 Å². The minimum absolute atomic E-state index is 0.167. The maximum absolute atomic E-state index is 13.6. The smallest absolute Gasteiger partial charge is 0.338 e. The van der Waals surface area contributed by atoms with Crippen molar-refractivity contribution in [3.8, 4) is 5.75 Å². The number of anilines is 1. The first-order valence-electron chi connectivity index (χ1n) is 13.8. The molecular formula is C34H29ClN4O3S. The third kappa shape index (κ3) is 6.77. The fourth-order valence-corrected chi connectivity index (χ4v) is 5.79. The third-order valence-electron chi connectivity index (χ3n) is 7.02. The largest absolute Gasteiger partial charge is 0.489 e. The fraction of sp³-hybridized carbons (Fsp3) is 0.147. The van der Waals surface area contributed by atoms with E-state index < -0.39 is 12.0 Å². The second-order valence-corrected chi connectivity index (χ2v) is 11.4. The van der Waals surface area contributed by atoms with E-state index in [0.29, 0.717) is 39.8 Å². The zero-order valence-corrected chi connectivity index (χ0v) is 25.0. The van der Waals surface area contributed by atoms with Crippen molar-refractivity contribution in [2.75, 3.05) is 5.32 Å². The van der Waals surface area contributed by atoms with Crippen LogP contribution in [0.1, 0.15) is 35.2 Å². The van der Waals surface area contributed by atoms with E-state index in [-0.39, 0.29) is 6.61 Å². The zero-order chi connectivity index (χ0) is 29.6. The minimum atomic E-state index is -0.546. The van der Waals surface area contributed by atoms with Gasteiger partial charge in [-0.2, -0.15) is 4.98 Å². The molecule has 1 unspecified atom stereocenters. The van der Waals surface area contributed by atoms with Crippen molar-refractivity contribution < 1.29 is 14.3 Å². The van der Waals surface area contributed by atoms with Crippen LogP contribution in [0.15, 0.2) is 126 Å². The molecular weight excluding hydrogens is 580 g/mol. The van der Waals surface area contributed by atoms with Crippen molar-refractivity contribution in [1.29, 1.82) is 0 Å². The molecule has 9 heteroatoms. The van der Waals surface area contributed by atoms with Crippen LogP contribution in [0.2, 0.25) is 5.02 Å². The zero-order valence-electron chi connectivity index (χ0n) is 23.4. The number of rotatable bonds is 10. The molecule has 0 spiro atoms. The van der Waals surface area contributed by atoms with Gasteiger partial charge < -0.3 is 14.8 Å². The number of ether oxygens (including phenoxy) is 2. The molecule has 1 aliphatic rings. The molecule has 0 fully saturated rings. The van der Waals surface area contributed by atoms with E-state index in [2.05, 4.69) is 17.4 Å². The van der Waals surface area contributed by atoms with Crippen LogP contribution in [0.3, 0.4) is 0 Å². The molecule has 43 heavy (non-hydrogen) atoms. The Morgan fingerprint density at radius 1 is 0.884 bits per heavy atom. The summed E-state index contributed by atoms with van der Waals surface area (Å²) in [7, 11) is 0. The molecule has 216 valence electrons. The van der Waals surface area contributed by atoms with Gasteiger partial charge in [0.1, 0.15) is 25.0 Å². The van der Waals surface area contributed by atoms with Crippen LogP contribution >= 0.6 is 23.4 Å². The molecule has 6 rings (SSSR count). The monoisotopic (exact) mass is 608 g/mol. The van der Waals surface area contributed by atoms with Crippen LogP contribution < -0.4 is 10.1 Å². The van der Waals surface area contributed by atoms with Gasteiger partial charge in [0.05, 0.1) is 5.57 Å². The number of hydrogen-bond acceptors (Lipinski definition) is 7. The Morgan fingerprint density at radius 2 is 1.56 bits per heavy atom. The topological polar surface area (TPSA) is 78.3 Å². The third-order valence-corrected chi connectivity index (χ3v) is 8.30. The molecule has 2 heterocycles. The maximum atomic E-state index is 13.6. The van der Waals surface area contributed by atoms with Gasteiger partial charge in [-0.25, -0.2) is 9.48 Å². The molecule has 1 aromatic heterocycles. The van der Waals surface area contributed by atoms with Gasteiger partial charge in [0.15, 0.2) is 0 Å². The number of esters is 1. The summed E-state index contributed by atoms with van der Waals surface area (Å²) in [6.07, 6.45) is 0. The van der Waals surface area contributed by atoms with E-state index in [1.165, 1.54) is 5.56 Å². The number of fused-ring (bicyclic) bond motifs is 1. The number of aromatic nitrogens is 3. The van der Waals surface area contributed by atoms with Crippen molar-refractivity contribution in [2.45, 2.75) is 37.1 Å². The van der Waals surface area contributed by atoms with Crippen molar-refractivity contribution in [2.24, 2.45) is 0 Å². The van der Waals surface area contributed by atoms with Crippen LogP contribution in [0.25, 0.3) is 0 Å². The van der Waals surface area contributed by atoms with Crippen LogP contribution in [-0.4, -0.2) is 20.7 Å². The van der Waals surface area contributed by atoms with Crippen LogP contribution in [0.4, 0.5) is 5.95 Å². The molecule has 0 aliphatic carbocycles. The quantitative estimate of drug-likeness (QED) is 0.128. The second-order valence-electron chi connectivity index (χ2n) is 10.0. The number of carbonyl (C=O) groups is 1. The summed E-state index contributed by atoms with van der Waals surface area (Å²) in [6.45, 7) is 2.38. The highest BCUT2D eigenvalue weighted by molar-refractivity contribution is 7.98. The normalized spacial score (nSPS) is 14.1. The Morgan fingerprint density at radius 3 is 2.28 bits per heavy atom. The Kier molecular flexibility index (Phi) is 8.77. The van der Waals surface area contributed by atoms with Crippen LogP contribution in [-0.2, 0) is 28.5 Å². The predicted molar refractivity (Wildman–Crippen MR) is 169 cm³/mol. The lowest BCUT2D eigenvalue weighted by atomic mass is 9.95. The van der Waals surface area contributed by atoms with Gasteiger partial charge in [-0.15, -0.1) is 5.10 Å². The molecule has 4 aromatic carbocycles. The summed E-state index contributed by atoms with van der Waals surface area (Å²) in [5.41, 5.74) is 4.98. The Balaban J connectivity index is 1.27. The molecule has 7 nitrogen and oxygen atoms in total. The maximum Gasteiger partial charge on any atom is 0.338 e. The molecule has 0 saturated heterocycles. The van der Waals surface area contributed by atoms with E-state index in [0.717, 1.165) is 22.4 Å². The molecule has 1 aliphatic heterocycles. The number of allylic oxidation sites excluding steroid dienone is 1. The average molecular weight is 609 g/mol. The summed E-state index contributed by atoms with van der Waals surface area (Å²) >= 11 is 7.84. The standard InChI is InChI=1S/C34H29ClN4O3S/c1-23-30(32(40)42-20-24-10-4-2-5-11-24)31(26-16-18-28(19-17-26)41-21-27-14-8-9-15-29(27)35)39-33(36-23)37-34(38-39)43-22-25-12-6-3-7-13-25/h2-19,31H,20-22H2,1H3,(H,36,37,38). The van der Waals surface area contributed by atoms with Gasteiger partial charge >= 0.3 is 5.97 Å². The molecule has 1 N–H and O–H groups in total. The van der Waals surface area contributed by atoms with Crippen molar-refractivity contribution >= 4 is 35.3 Å². The van der Waals surface area contributed by atoms with E-state index in [4.69, 9.17) is 31.2 Å². The lowest BCUT2D eigenvalue weighted by molar-refractivity contribution is -0.140. The SMILES string of the molecule is CC1=C(C(=O)OCc2ccccc2)C(c2ccc(OCc3ccccc3Cl)cc2)n2nc(SCc3ccccc3)nc2N1. The van der Waals surface area contributed by atoms with Crippen LogP contribution in [0.5, 0.6) is 5.75 Å².